The van der Waals surface area contributed by atoms with Crippen LogP contribution in [0.25, 0.3) is 11.0 Å². The van der Waals surface area contributed by atoms with Gasteiger partial charge < -0.3 is 10.1 Å². The van der Waals surface area contributed by atoms with Gasteiger partial charge in [-0.05, 0) is 36.8 Å². The van der Waals surface area contributed by atoms with E-state index in [-0.39, 0.29) is 5.91 Å². The molecule has 0 bridgehead atoms. The minimum absolute atomic E-state index is 0.181. The van der Waals surface area contributed by atoms with Gasteiger partial charge in [0.1, 0.15) is 5.75 Å². The number of thiazole rings is 1. The van der Waals surface area contributed by atoms with Gasteiger partial charge in [-0.1, -0.05) is 13.3 Å². The number of hydrogen-bond donors (Lipinski definition) is 1. The fraction of sp³-hybridized carbons (Fsp3) is 0.222. The molecular formula is C18H19N3O2S. The number of anilines is 1. The molecule has 0 saturated heterocycles. The van der Waals surface area contributed by atoms with Gasteiger partial charge in [0.25, 0.3) is 0 Å². The lowest BCUT2D eigenvalue weighted by Gasteiger charge is -2.06. The molecule has 0 aliphatic heterocycles. The molecule has 0 fully saturated rings. The summed E-state index contributed by atoms with van der Waals surface area (Å²) >= 11 is 1.56. The lowest BCUT2D eigenvalue weighted by Crippen LogP contribution is -2.07. The van der Waals surface area contributed by atoms with Crippen molar-refractivity contribution in [2.75, 3.05) is 11.9 Å². The van der Waals surface area contributed by atoms with Gasteiger partial charge in [0, 0.05) is 23.3 Å². The number of benzene rings is 1. The minimum Gasteiger partial charge on any atom is -0.494 e. The van der Waals surface area contributed by atoms with Gasteiger partial charge in [-0.15, -0.1) is 11.3 Å². The zero-order chi connectivity index (χ0) is 16.8. The number of fused-ring (bicyclic) bond motifs is 1. The van der Waals surface area contributed by atoms with Crippen LogP contribution in [-0.2, 0) is 4.79 Å². The van der Waals surface area contributed by atoms with E-state index in [4.69, 9.17) is 4.74 Å². The highest BCUT2D eigenvalue weighted by Crippen LogP contribution is 2.17. The monoisotopic (exact) mass is 341 g/mol. The van der Waals surface area contributed by atoms with Crippen LogP contribution in [0.4, 0.5) is 5.69 Å². The van der Waals surface area contributed by atoms with Gasteiger partial charge in [0.05, 0.1) is 18.5 Å². The van der Waals surface area contributed by atoms with E-state index < -0.39 is 0 Å². The third-order valence-electron chi connectivity index (χ3n) is 3.47. The van der Waals surface area contributed by atoms with E-state index in [9.17, 15) is 4.79 Å². The maximum absolute atomic E-state index is 12.0. The first-order valence-corrected chi connectivity index (χ1v) is 8.76. The Morgan fingerprint density at radius 1 is 1.38 bits per heavy atom. The number of hydrogen-bond acceptors (Lipinski definition) is 4. The zero-order valence-electron chi connectivity index (χ0n) is 13.4. The van der Waals surface area contributed by atoms with E-state index in [2.05, 4.69) is 17.2 Å². The van der Waals surface area contributed by atoms with Crippen LogP contribution in [0, 0.1) is 0 Å². The van der Waals surface area contributed by atoms with E-state index >= 15 is 0 Å². The van der Waals surface area contributed by atoms with Gasteiger partial charge in [0.15, 0.2) is 4.96 Å². The van der Waals surface area contributed by atoms with E-state index in [1.54, 1.807) is 23.6 Å². The minimum atomic E-state index is -0.181. The molecule has 0 radical (unpaired) electrons. The molecule has 24 heavy (non-hydrogen) atoms. The van der Waals surface area contributed by atoms with Crippen LogP contribution in [0.5, 0.6) is 5.75 Å². The van der Waals surface area contributed by atoms with Gasteiger partial charge in [-0.2, -0.15) is 0 Å². The third kappa shape index (κ3) is 4.02. The van der Waals surface area contributed by atoms with Crippen LogP contribution in [0.1, 0.15) is 25.5 Å². The Labute approximate surface area is 144 Å². The molecule has 6 heteroatoms. The molecule has 1 aromatic carbocycles. The molecule has 0 saturated carbocycles. The molecule has 3 rings (SSSR count). The summed E-state index contributed by atoms with van der Waals surface area (Å²) in [5.74, 6) is 0.635. The van der Waals surface area contributed by atoms with Crippen LogP contribution in [-0.4, -0.2) is 21.9 Å². The maximum Gasteiger partial charge on any atom is 0.248 e. The van der Waals surface area contributed by atoms with Crippen molar-refractivity contribution in [2.24, 2.45) is 0 Å². The van der Waals surface area contributed by atoms with E-state index in [0.717, 1.165) is 34.9 Å². The summed E-state index contributed by atoms with van der Waals surface area (Å²) in [6.45, 7) is 2.84. The number of ether oxygens (including phenoxy) is 1. The van der Waals surface area contributed by atoms with E-state index in [1.807, 2.05) is 40.2 Å². The number of amides is 1. The first-order valence-electron chi connectivity index (χ1n) is 7.89. The van der Waals surface area contributed by atoms with Gasteiger partial charge in [-0.3, -0.25) is 9.20 Å². The molecule has 1 N–H and O–H groups in total. The number of nitrogens with one attached hydrogen (secondary N) is 1. The number of imidazole rings is 1. The fourth-order valence-electron chi connectivity index (χ4n) is 2.18. The zero-order valence-corrected chi connectivity index (χ0v) is 14.3. The largest absolute Gasteiger partial charge is 0.494 e. The molecule has 3 aromatic rings. The predicted molar refractivity (Wildman–Crippen MR) is 97.6 cm³/mol. The summed E-state index contributed by atoms with van der Waals surface area (Å²) < 4.78 is 7.54. The first kappa shape index (κ1) is 16.3. The second kappa shape index (κ2) is 7.79. The second-order valence-corrected chi connectivity index (χ2v) is 6.16. The number of carbonyl (C=O) groups excluding carboxylic acids is 1. The number of nitrogens with zero attached hydrogens (tertiary/aromatic N) is 2. The molecule has 1 amide bonds. The topological polar surface area (TPSA) is 55.6 Å². The fourth-order valence-corrected chi connectivity index (χ4v) is 2.88. The Morgan fingerprint density at radius 3 is 3.00 bits per heavy atom. The summed E-state index contributed by atoms with van der Waals surface area (Å²) in [4.78, 5) is 17.2. The molecule has 0 atom stereocenters. The standard InChI is InChI=1S/C18H19N3O2S/c1-2-3-11-23-16-7-4-14(5-8-16)20-17(22)9-6-15-13-19-18-21(15)10-12-24-18/h4-10,12-13H,2-3,11H2,1H3,(H,20,22)/b9-6+. The molecule has 0 spiro atoms. The Balaban J connectivity index is 1.56. The number of unbranched alkanes of at least 4 members (excludes halogenated alkanes) is 1. The summed E-state index contributed by atoms with van der Waals surface area (Å²) in [6.07, 6.45) is 9.08. The SMILES string of the molecule is CCCCOc1ccc(NC(=O)/C=C/c2cnc3sccn23)cc1. The maximum atomic E-state index is 12.0. The number of carbonyl (C=O) groups is 1. The average molecular weight is 341 g/mol. The number of aromatic nitrogens is 2. The normalized spacial score (nSPS) is 11.2. The molecular weight excluding hydrogens is 322 g/mol. The van der Waals surface area contributed by atoms with Crippen LogP contribution < -0.4 is 10.1 Å². The summed E-state index contributed by atoms with van der Waals surface area (Å²) in [7, 11) is 0. The van der Waals surface area contributed by atoms with Gasteiger partial charge in [-0.25, -0.2) is 4.98 Å². The van der Waals surface area contributed by atoms with Crippen molar-refractivity contribution >= 4 is 34.0 Å². The molecule has 0 unspecified atom stereocenters. The lowest BCUT2D eigenvalue weighted by molar-refractivity contribution is -0.111. The van der Waals surface area contributed by atoms with Gasteiger partial charge in [0.2, 0.25) is 5.91 Å². The van der Waals surface area contributed by atoms with Crippen molar-refractivity contribution in [1.29, 1.82) is 0 Å². The molecule has 124 valence electrons. The smallest absolute Gasteiger partial charge is 0.248 e. The Hall–Kier alpha value is -2.60. The first-order chi connectivity index (χ1) is 11.8. The summed E-state index contributed by atoms with van der Waals surface area (Å²) in [6, 6.07) is 7.40. The Bertz CT molecular complexity index is 833. The molecule has 5 nitrogen and oxygen atoms in total. The Kier molecular flexibility index (Phi) is 5.28. The van der Waals surface area contributed by atoms with E-state index in [1.165, 1.54) is 6.08 Å². The molecule has 2 aromatic heterocycles. The van der Waals surface area contributed by atoms with E-state index in [0.29, 0.717) is 6.61 Å². The van der Waals surface area contributed by atoms with Crippen molar-refractivity contribution in [3.8, 4) is 5.75 Å². The van der Waals surface area contributed by atoms with Crippen molar-refractivity contribution in [2.45, 2.75) is 19.8 Å². The third-order valence-corrected chi connectivity index (χ3v) is 4.24. The van der Waals surface area contributed by atoms with Crippen LogP contribution >= 0.6 is 11.3 Å². The highest BCUT2D eigenvalue weighted by Gasteiger charge is 2.02. The predicted octanol–water partition coefficient (Wildman–Crippen LogP) is 4.23. The second-order valence-electron chi connectivity index (χ2n) is 5.29. The van der Waals surface area contributed by atoms with Gasteiger partial charge >= 0.3 is 0 Å². The lowest BCUT2D eigenvalue weighted by atomic mass is 10.3. The average Bonchev–Trinajstić information content (AvgIpc) is 3.19. The highest BCUT2D eigenvalue weighted by molar-refractivity contribution is 7.15. The summed E-state index contributed by atoms with van der Waals surface area (Å²) in [5, 5.41) is 4.79. The van der Waals surface area contributed by atoms with Crippen molar-refractivity contribution in [1.82, 2.24) is 9.38 Å². The number of rotatable bonds is 7. The molecule has 0 aliphatic carbocycles. The van der Waals surface area contributed by atoms with Crippen molar-refractivity contribution in [3.63, 3.8) is 0 Å². The van der Waals surface area contributed by atoms with Crippen LogP contribution in [0.2, 0.25) is 0 Å². The highest BCUT2D eigenvalue weighted by atomic mass is 32.1. The molecule has 2 heterocycles. The quantitative estimate of drug-likeness (QED) is 0.517. The van der Waals surface area contributed by atoms with Crippen LogP contribution in [0.15, 0.2) is 48.1 Å². The molecule has 0 aliphatic rings. The van der Waals surface area contributed by atoms with Crippen LogP contribution in [0.3, 0.4) is 0 Å². The van der Waals surface area contributed by atoms with Crippen molar-refractivity contribution in [3.05, 3.63) is 53.8 Å². The summed E-state index contributed by atoms with van der Waals surface area (Å²) in [5.41, 5.74) is 1.61. The Morgan fingerprint density at radius 2 is 2.21 bits per heavy atom. The van der Waals surface area contributed by atoms with Crippen molar-refractivity contribution < 1.29 is 9.53 Å².